The van der Waals surface area contributed by atoms with Crippen molar-refractivity contribution in [3.8, 4) is 17.1 Å². The van der Waals surface area contributed by atoms with Crippen molar-refractivity contribution in [1.82, 2.24) is 19.8 Å². The third-order valence-electron chi connectivity index (χ3n) is 7.24. The number of hydrogen-bond acceptors (Lipinski definition) is 7. The van der Waals surface area contributed by atoms with Gasteiger partial charge in [-0.05, 0) is 55.5 Å². The molecule has 1 fully saturated rings. The number of nitrogens with zero attached hydrogens (tertiary/aromatic N) is 4. The molecule has 0 spiro atoms. The summed E-state index contributed by atoms with van der Waals surface area (Å²) in [7, 11) is 0. The number of ether oxygens (including phenoxy) is 1. The quantitative estimate of drug-likeness (QED) is 0.469. The summed E-state index contributed by atoms with van der Waals surface area (Å²) in [6.07, 6.45) is 0.749. The van der Waals surface area contributed by atoms with Crippen molar-refractivity contribution in [3.63, 3.8) is 0 Å². The van der Waals surface area contributed by atoms with Crippen LogP contribution in [-0.4, -0.2) is 69.1 Å². The van der Waals surface area contributed by atoms with E-state index < -0.39 is 11.4 Å². The van der Waals surface area contributed by atoms with Gasteiger partial charge in [0, 0.05) is 42.9 Å². The fraction of sp³-hybridized carbons (Fsp3) is 0.433. The standard InChI is InChI=1S/C30H37N5O3S/c1-20-8-6-9-21(2)27(20)25-17-26-32-29(31-25)33-39(37)24-11-7-10-22(16-24)28(36)35-15-14-34(13-12-30(3,4)5)18-23(19-35)38-26/h6-11,16-17,23H,12-15,18-19H2,1-5H3,(H,31,32,33). The summed E-state index contributed by atoms with van der Waals surface area (Å²) in [6.45, 7) is 14.2. The molecule has 2 unspecified atom stereocenters. The van der Waals surface area contributed by atoms with Gasteiger partial charge in [0.05, 0.1) is 12.2 Å². The largest absolute Gasteiger partial charge is 0.588 e. The minimum Gasteiger partial charge on any atom is -0.588 e. The first kappa shape index (κ1) is 27.4. The number of amides is 1. The highest BCUT2D eigenvalue weighted by Gasteiger charge is 2.30. The molecule has 1 aromatic heterocycles. The Labute approximate surface area is 234 Å². The molecule has 2 atom stereocenters. The molecule has 206 valence electrons. The van der Waals surface area contributed by atoms with Crippen molar-refractivity contribution < 1.29 is 14.1 Å². The Morgan fingerprint density at radius 1 is 1.05 bits per heavy atom. The molecule has 39 heavy (non-hydrogen) atoms. The Bertz CT molecular complexity index is 1340. The fourth-order valence-corrected chi connectivity index (χ4v) is 5.92. The number of aryl methyl sites for hydroxylation is 2. The van der Waals surface area contributed by atoms with Crippen LogP contribution in [0.2, 0.25) is 0 Å². The van der Waals surface area contributed by atoms with Crippen LogP contribution < -0.4 is 9.46 Å². The van der Waals surface area contributed by atoms with E-state index in [1.165, 1.54) is 0 Å². The number of aromatic nitrogens is 2. The first-order chi connectivity index (χ1) is 18.6. The average molecular weight is 548 g/mol. The number of carbonyl (C=O) groups is 1. The predicted molar refractivity (Wildman–Crippen MR) is 154 cm³/mol. The van der Waals surface area contributed by atoms with Gasteiger partial charge in [-0.2, -0.15) is 9.71 Å². The number of rotatable bonds is 3. The summed E-state index contributed by atoms with van der Waals surface area (Å²) in [5, 5.41) is 0. The molecule has 2 aliphatic heterocycles. The van der Waals surface area contributed by atoms with Crippen molar-refractivity contribution in [2.24, 2.45) is 5.41 Å². The molecule has 5 rings (SSSR count). The molecule has 9 heteroatoms. The zero-order valence-corrected chi connectivity index (χ0v) is 24.2. The molecule has 0 saturated carbocycles. The molecule has 1 N–H and O–H groups in total. The van der Waals surface area contributed by atoms with E-state index in [2.05, 4.69) is 35.4 Å². The first-order valence-electron chi connectivity index (χ1n) is 13.5. The van der Waals surface area contributed by atoms with Crippen LogP contribution in [0.4, 0.5) is 5.95 Å². The second-order valence-electron chi connectivity index (χ2n) is 11.7. The van der Waals surface area contributed by atoms with Crippen molar-refractivity contribution in [2.75, 3.05) is 37.4 Å². The van der Waals surface area contributed by atoms with E-state index in [-0.39, 0.29) is 23.4 Å². The number of hydrogen-bond donors (Lipinski definition) is 1. The number of carbonyl (C=O) groups excluding carboxylic acids is 1. The van der Waals surface area contributed by atoms with Gasteiger partial charge < -0.3 is 14.2 Å². The third-order valence-corrected chi connectivity index (χ3v) is 8.29. The van der Waals surface area contributed by atoms with Gasteiger partial charge in [-0.25, -0.2) is 4.98 Å². The summed E-state index contributed by atoms with van der Waals surface area (Å²) in [5.41, 5.74) is 4.57. The summed E-state index contributed by atoms with van der Waals surface area (Å²) in [5.74, 6) is 0.520. The van der Waals surface area contributed by atoms with Gasteiger partial charge in [-0.1, -0.05) is 45.0 Å². The molecule has 1 amide bonds. The second kappa shape index (κ2) is 11.2. The van der Waals surface area contributed by atoms with Gasteiger partial charge in [-0.3, -0.25) is 9.69 Å². The topological polar surface area (TPSA) is 93.6 Å². The zero-order valence-electron chi connectivity index (χ0n) is 23.4. The maximum atomic E-state index is 13.6. The molecular formula is C30H37N5O3S. The normalized spacial score (nSPS) is 20.2. The number of anilines is 1. The highest BCUT2D eigenvalue weighted by atomic mass is 32.2. The Balaban J connectivity index is 1.58. The predicted octanol–water partition coefficient (Wildman–Crippen LogP) is 4.85. The van der Waals surface area contributed by atoms with E-state index in [0.717, 1.165) is 36.2 Å². The van der Waals surface area contributed by atoms with Crippen LogP contribution in [0.15, 0.2) is 53.4 Å². The van der Waals surface area contributed by atoms with Crippen molar-refractivity contribution in [2.45, 2.75) is 52.0 Å². The second-order valence-corrected chi connectivity index (χ2v) is 12.9. The lowest BCUT2D eigenvalue weighted by Crippen LogP contribution is -2.40. The van der Waals surface area contributed by atoms with Crippen LogP contribution in [-0.2, 0) is 11.4 Å². The summed E-state index contributed by atoms with van der Waals surface area (Å²) in [4.78, 5) is 27.7. The SMILES string of the molecule is Cc1cccc(C)c1-c1cc2nc(n1)N[S+]([O-])c1cccc(c1)C(=O)N1CCN(CCC(C)(C)C)CC(C1)O2. The van der Waals surface area contributed by atoms with Crippen LogP contribution in [0.25, 0.3) is 11.3 Å². The molecule has 3 aromatic rings. The molecule has 6 bridgehead atoms. The maximum absolute atomic E-state index is 13.6. The lowest BCUT2D eigenvalue weighted by molar-refractivity contribution is 0.0690. The van der Waals surface area contributed by atoms with Crippen LogP contribution >= 0.6 is 0 Å². The van der Waals surface area contributed by atoms with Crippen molar-refractivity contribution >= 4 is 23.2 Å². The third kappa shape index (κ3) is 6.54. The van der Waals surface area contributed by atoms with Crippen molar-refractivity contribution in [1.29, 1.82) is 0 Å². The van der Waals surface area contributed by atoms with E-state index in [4.69, 9.17) is 9.72 Å². The summed E-state index contributed by atoms with van der Waals surface area (Å²) >= 11 is -1.66. The van der Waals surface area contributed by atoms with Gasteiger partial charge in [0.25, 0.3) is 11.9 Å². The van der Waals surface area contributed by atoms with Gasteiger partial charge in [-0.15, -0.1) is 0 Å². The summed E-state index contributed by atoms with van der Waals surface area (Å²) in [6, 6.07) is 14.9. The highest BCUT2D eigenvalue weighted by Crippen LogP contribution is 2.30. The van der Waals surface area contributed by atoms with Crippen molar-refractivity contribution in [3.05, 3.63) is 65.2 Å². The van der Waals surface area contributed by atoms with E-state index in [1.807, 2.05) is 43.0 Å². The van der Waals surface area contributed by atoms with Gasteiger partial charge in [0.2, 0.25) is 5.88 Å². The first-order valence-corrected chi connectivity index (χ1v) is 14.6. The molecule has 2 aromatic carbocycles. The van der Waals surface area contributed by atoms with Gasteiger partial charge in [0.15, 0.2) is 4.90 Å². The van der Waals surface area contributed by atoms with Crippen LogP contribution in [0.3, 0.4) is 0 Å². The van der Waals surface area contributed by atoms with E-state index in [1.54, 1.807) is 24.3 Å². The Morgan fingerprint density at radius 3 is 2.54 bits per heavy atom. The minimum atomic E-state index is -1.66. The van der Waals surface area contributed by atoms with Crippen LogP contribution in [0, 0.1) is 19.3 Å². The van der Waals surface area contributed by atoms with E-state index >= 15 is 0 Å². The molecular weight excluding hydrogens is 510 g/mol. The lowest BCUT2D eigenvalue weighted by Gasteiger charge is -2.27. The summed E-state index contributed by atoms with van der Waals surface area (Å²) < 4.78 is 22.8. The van der Waals surface area contributed by atoms with Crippen LogP contribution in [0.1, 0.15) is 48.7 Å². The smallest absolute Gasteiger partial charge is 0.269 e. The van der Waals surface area contributed by atoms with E-state index in [0.29, 0.717) is 41.7 Å². The minimum absolute atomic E-state index is 0.0895. The maximum Gasteiger partial charge on any atom is 0.269 e. The monoisotopic (exact) mass is 547 g/mol. The molecule has 2 aliphatic rings. The highest BCUT2D eigenvalue weighted by molar-refractivity contribution is 7.92. The molecule has 3 heterocycles. The molecule has 0 radical (unpaired) electrons. The molecule has 1 saturated heterocycles. The lowest BCUT2D eigenvalue weighted by atomic mass is 9.92. The zero-order chi connectivity index (χ0) is 27.7. The molecule has 0 aliphatic carbocycles. The number of benzene rings is 2. The van der Waals surface area contributed by atoms with Gasteiger partial charge >= 0.3 is 0 Å². The number of fused-ring (bicyclic) bond motifs is 6. The average Bonchev–Trinajstić information content (AvgIpc) is 3.08. The number of nitrogens with one attached hydrogen (secondary N) is 1. The Morgan fingerprint density at radius 2 is 1.79 bits per heavy atom. The fourth-order valence-electron chi connectivity index (χ4n) is 5.11. The Kier molecular flexibility index (Phi) is 7.84. The van der Waals surface area contributed by atoms with Gasteiger partial charge in [0.1, 0.15) is 17.5 Å². The van der Waals surface area contributed by atoms with E-state index in [9.17, 15) is 9.35 Å². The molecule has 8 nitrogen and oxygen atoms in total. The van der Waals surface area contributed by atoms with Crippen LogP contribution in [0.5, 0.6) is 5.88 Å². The Hall–Kier alpha value is -3.14.